The van der Waals surface area contributed by atoms with Gasteiger partial charge in [0.2, 0.25) is 5.91 Å². The molecule has 3 rings (SSSR count). The van der Waals surface area contributed by atoms with Crippen LogP contribution in [0, 0.1) is 6.92 Å². The smallest absolute Gasteiger partial charge is 0.312 e. The second-order valence-electron chi connectivity index (χ2n) is 7.23. The number of carbonyl (C=O) groups excluding carboxylic acids is 3. The lowest BCUT2D eigenvalue weighted by Crippen LogP contribution is -2.47. The molecule has 1 saturated heterocycles. The molecule has 0 saturated carbocycles. The third kappa shape index (κ3) is 5.37. The number of rotatable bonds is 6. The lowest BCUT2D eigenvalue weighted by molar-refractivity contribution is -0.122. The van der Waals surface area contributed by atoms with Crippen molar-refractivity contribution in [1.29, 1.82) is 0 Å². The Kier molecular flexibility index (Phi) is 6.54. The molecule has 2 aromatic rings. The number of hydrogen-bond donors (Lipinski definition) is 3. The van der Waals surface area contributed by atoms with Crippen molar-refractivity contribution in [1.82, 2.24) is 15.5 Å². The number of nitrogens with zero attached hydrogens (tertiary/aromatic N) is 1. The van der Waals surface area contributed by atoms with Crippen LogP contribution in [0.25, 0.3) is 0 Å². The van der Waals surface area contributed by atoms with Gasteiger partial charge in [-0.3, -0.25) is 9.59 Å². The Morgan fingerprint density at radius 3 is 2.52 bits per heavy atom. The van der Waals surface area contributed by atoms with Gasteiger partial charge in [0.1, 0.15) is 0 Å². The zero-order valence-corrected chi connectivity index (χ0v) is 16.4. The third-order valence-electron chi connectivity index (χ3n) is 5.15. The minimum Gasteiger partial charge on any atom is -0.459 e. The summed E-state index contributed by atoms with van der Waals surface area (Å²) >= 11 is 0. The Morgan fingerprint density at radius 1 is 1.17 bits per heavy atom. The van der Waals surface area contributed by atoms with Gasteiger partial charge in [-0.2, -0.15) is 0 Å². The van der Waals surface area contributed by atoms with Crippen LogP contribution in [0.1, 0.15) is 47.0 Å². The highest BCUT2D eigenvalue weighted by Crippen LogP contribution is 2.21. The molecule has 0 radical (unpaired) electrons. The summed E-state index contributed by atoms with van der Waals surface area (Å²) in [5.41, 5.74) is 7.13. The van der Waals surface area contributed by atoms with Crippen LogP contribution in [-0.2, 0) is 4.79 Å². The Labute approximate surface area is 169 Å². The summed E-state index contributed by atoms with van der Waals surface area (Å²) < 4.78 is 5.16. The van der Waals surface area contributed by atoms with E-state index in [1.165, 1.54) is 6.26 Å². The van der Waals surface area contributed by atoms with E-state index in [0.717, 1.165) is 11.1 Å². The molecule has 1 atom stereocenters. The highest BCUT2D eigenvalue weighted by molar-refractivity contribution is 5.91. The molecule has 8 nitrogen and oxygen atoms in total. The zero-order chi connectivity index (χ0) is 20.8. The molecule has 1 aromatic heterocycles. The van der Waals surface area contributed by atoms with Crippen LogP contribution >= 0.6 is 0 Å². The van der Waals surface area contributed by atoms with Crippen molar-refractivity contribution in [2.45, 2.75) is 38.3 Å². The normalized spacial score (nSPS) is 15.6. The van der Waals surface area contributed by atoms with Crippen molar-refractivity contribution >= 4 is 17.8 Å². The Hall–Kier alpha value is -3.29. The van der Waals surface area contributed by atoms with Gasteiger partial charge in [-0.1, -0.05) is 24.3 Å². The Balaban J connectivity index is 1.54. The van der Waals surface area contributed by atoms with Gasteiger partial charge < -0.3 is 25.7 Å². The average Bonchev–Trinajstić information content (AvgIpc) is 3.22. The number of urea groups is 1. The van der Waals surface area contributed by atoms with Gasteiger partial charge >= 0.3 is 6.03 Å². The van der Waals surface area contributed by atoms with Crippen LogP contribution in [-0.4, -0.2) is 41.9 Å². The van der Waals surface area contributed by atoms with Gasteiger partial charge in [0.25, 0.3) is 5.91 Å². The lowest BCUT2D eigenvalue weighted by Gasteiger charge is -2.32. The molecule has 4 N–H and O–H groups in total. The van der Waals surface area contributed by atoms with Gasteiger partial charge in [-0.25, -0.2) is 4.79 Å². The van der Waals surface area contributed by atoms with Crippen molar-refractivity contribution in [3.8, 4) is 0 Å². The van der Waals surface area contributed by atoms with E-state index in [2.05, 4.69) is 10.6 Å². The summed E-state index contributed by atoms with van der Waals surface area (Å²) in [5.74, 6) is 0.0268. The second-order valence-corrected chi connectivity index (χ2v) is 7.23. The highest BCUT2D eigenvalue weighted by atomic mass is 16.3. The predicted molar refractivity (Wildman–Crippen MR) is 107 cm³/mol. The first-order chi connectivity index (χ1) is 13.9. The monoisotopic (exact) mass is 398 g/mol. The molecule has 154 valence electrons. The summed E-state index contributed by atoms with van der Waals surface area (Å²) in [4.78, 5) is 38.0. The number of benzene rings is 1. The van der Waals surface area contributed by atoms with E-state index in [1.807, 2.05) is 31.2 Å². The quantitative estimate of drug-likeness (QED) is 0.691. The van der Waals surface area contributed by atoms with Crippen LogP contribution < -0.4 is 16.4 Å². The van der Waals surface area contributed by atoms with E-state index in [0.29, 0.717) is 31.7 Å². The predicted octanol–water partition coefficient (Wildman–Crippen LogP) is 2.11. The molecular weight excluding hydrogens is 372 g/mol. The molecule has 1 fully saturated rings. The van der Waals surface area contributed by atoms with Crippen LogP contribution in [0.5, 0.6) is 0 Å². The molecule has 1 aliphatic rings. The van der Waals surface area contributed by atoms with Crippen LogP contribution in [0.4, 0.5) is 4.79 Å². The van der Waals surface area contributed by atoms with E-state index in [9.17, 15) is 14.4 Å². The molecule has 29 heavy (non-hydrogen) atoms. The first-order valence-corrected chi connectivity index (χ1v) is 9.67. The van der Waals surface area contributed by atoms with E-state index < -0.39 is 12.1 Å². The molecule has 1 aromatic carbocycles. The average molecular weight is 398 g/mol. The van der Waals surface area contributed by atoms with Crippen molar-refractivity contribution in [3.63, 3.8) is 0 Å². The molecule has 0 aliphatic carbocycles. The third-order valence-corrected chi connectivity index (χ3v) is 5.15. The van der Waals surface area contributed by atoms with Crippen molar-refractivity contribution in [2.24, 2.45) is 5.73 Å². The highest BCUT2D eigenvalue weighted by Gasteiger charge is 2.27. The number of carbonyl (C=O) groups is 3. The van der Waals surface area contributed by atoms with Crippen molar-refractivity contribution < 1.29 is 18.8 Å². The Morgan fingerprint density at radius 2 is 1.90 bits per heavy atom. The maximum absolute atomic E-state index is 12.6. The standard InChI is InChI=1S/C21H26N4O4/c1-14-5-2-3-6-16(14)17(24-21(22)28)13-19(26)23-15-8-10-25(11-9-15)20(27)18-7-4-12-29-18/h2-7,12,15,17H,8-11,13H2,1H3,(H,23,26)(H3,22,24,28). The van der Waals surface area contributed by atoms with Crippen LogP contribution in [0.15, 0.2) is 47.1 Å². The van der Waals surface area contributed by atoms with Gasteiger partial charge in [-0.15, -0.1) is 0 Å². The van der Waals surface area contributed by atoms with E-state index >= 15 is 0 Å². The van der Waals surface area contributed by atoms with Gasteiger partial charge in [0, 0.05) is 19.1 Å². The maximum Gasteiger partial charge on any atom is 0.312 e. The topological polar surface area (TPSA) is 118 Å². The zero-order valence-electron chi connectivity index (χ0n) is 16.4. The SMILES string of the molecule is Cc1ccccc1C(CC(=O)NC1CCN(C(=O)c2ccco2)CC1)NC(N)=O. The molecule has 1 aliphatic heterocycles. The number of hydrogen-bond acceptors (Lipinski definition) is 4. The maximum atomic E-state index is 12.6. The number of amides is 4. The van der Waals surface area contributed by atoms with E-state index in [4.69, 9.17) is 10.2 Å². The molecule has 0 bridgehead atoms. The molecule has 2 heterocycles. The largest absolute Gasteiger partial charge is 0.459 e. The van der Waals surface area contributed by atoms with Gasteiger partial charge in [0.15, 0.2) is 5.76 Å². The fourth-order valence-corrected chi connectivity index (χ4v) is 3.64. The lowest BCUT2D eigenvalue weighted by atomic mass is 9.98. The summed E-state index contributed by atoms with van der Waals surface area (Å²) in [6, 6.07) is 9.72. The first-order valence-electron chi connectivity index (χ1n) is 9.67. The minimum atomic E-state index is -0.671. The molecule has 8 heteroatoms. The number of primary amides is 1. The molecule has 0 spiro atoms. The number of piperidine rings is 1. The molecule has 4 amide bonds. The van der Waals surface area contributed by atoms with E-state index in [1.54, 1.807) is 17.0 Å². The van der Waals surface area contributed by atoms with Crippen LogP contribution in [0.2, 0.25) is 0 Å². The first kappa shape index (κ1) is 20.4. The van der Waals surface area contributed by atoms with Crippen LogP contribution in [0.3, 0.4) is 0 Å². The fraction of sp³-hybridized carbons (Fsp3) is 0.381. The molecule has 1 unspecified atom stereocenters. The molecular formula is C21H26N4O4. The second kappa shape index (κ2) is 9.27. The number of furan rings is 1. The van der Waals surface area contributed by atoms with Gasteiger partial charge in [0.05, 0.1) is 18.7 Å². The Bertz CT molecular complexity index is 857. The van der Waals surface area contributed by atoms with Crippen molar-refractivity contribution in [3.05, 3.63) is 59.5 Å². The summed E-state index contributed by atoms with van der Waals surface area (Å²) in [7, 11) is 0. The van der Waals surface area contributed by atoms with Crippen molar-refractivity contribution in [2.75, 3.05) is 13.1 Å². The number of nitrogens with two attached hydrogens (primary N) is 1. The fourth-order valence-electron chi connectivity index (χ4n) is 3.64. The van der Waals surface area contributed by atoms with E-state index in [-0.39, 0.29) is 24.3 Å². The number of likely N-dealkylation sites (tertiary alicyclic amines) is 1. The number of nitrogens with one attached hydrogen (secondary N) is 2. The summed E-state index contributed by atoms with van der Waals surface area (Å²) in [6.07, 6.45) is 2.90. The summed E-state index contributed by atoms with van der Waals surface area (Å²) in [5, 5.41) is 5.67. The van der Waals surface area contributed by atoms with Gasteiger partial charge in [-0.05, 0) is 43.0 Å². The minimum absolute atomic E-state index is 0.0192. The number of aryl methyl sites for hydroxylation is 1. The summed E-state index contributed by atoms with van der Waals surface area (Å²) in [6.45, 7) is 3.02.